The Morgan fingerprint density at radius 3 is 2.43 bits per heavy atom. The van der Waals surface area contributed by atoms with Crippen LogP contribution in [0.2, 0.25) is 0 Å². The fourth-order valence-electron chi connectivity index (χ4n) is 3.31. The number of amides is 1. The van der Waals surface area contributed by atoms with E-state index in [0.717, 1.165) is 18.8 Å². The summed E-state index contributed by atoms with van der Waals surface area (Å²) in [6.07, 6.45) is 2.43. The summed E-state index contributed by atoms with van der Waals surface area (Å²) < 4.78 is 16.0. The van der Waals surface area contributed by atoms with Gasteiger partial charge in [-0.3, -0.25) is 4.79 Å². The van der Waals surface area contributed by atoms with Crippen molar-refractivity contribution < 1.29 is 23.8 Å². The predicted octanol–water partition coefficient (Wildman–Crippen LogP) is 2.85. The summed E-state index contributed by atoms with van der Waals surface area (Å²) in [4.78, 5) is 26.6. The number of nitrogens with zero attached hydrogens (tertiary/aromatic N) is 1. The lowest BCUT2D eigenvalue weighted by molar-refractivity contribution is -0.119. The van der Waals surface area contributed by atoms with Gasteiger partial charge in [0.05, 0.1) is 5.56 Å². The van der Waals surface area contributed by atoms with Crippen LogP contribution in [0.5, 0.6) is 11.5 Å². The molecule has 2 aromatic carbocycles. The van der Waals surface area contributed by atoms with Gasteiger partial charge in [0.1, 0.15) is 13.2 Å². The molecule has 28 heavy (non-hydrogen) atoms. The highest BCUT2D eigenvalue weighted by Crippen LogP contribution is 2.31. The van der Waals surface area contributed by atoms with Crippen LogP contribution >= 0.6 is 0 Å². The molecule has 0 spiro atoms. The first-order valence-corrected chi connectivity index (χ1v) is 9.41. The number of benzene rings is 2. The van der Waals surface area contributed by atoms with Gasteiger partial charge in [0.25, 0.3) is 5.91 Å². The Morgan fingerprint density at radius 1 is 0.964 bits per heavy atom. The number of anilines is 2. The van der Waals surface area contributed by atoms with Crippen molar-refractivity contribution in [2.45, 2.75) is 12.8 Å². The van der Waals surface area contributed by atoms with Gasteiger partial charge < -0.3 is 24.4 Å². The normalized spacial score (nSPS) is 15.2. The second-order valence-electron chi connectivity index (χ2n) is 6.72. The zero-order valence-electron chi connectivity index (χ0n) is 15.5. The van der Waals surface area contributed by atoms with Crippen molar-refractivity contribution in [1.82, 2.24) is 0 Å². The molecule has 0 aromatic heterocycles. The van der Waals surface area contributed by atoms with Gasteiger partial charge in [-0.1, -0.05) is 0 Å². The van der Waals surface area contributed by atoms with E-state index >= 15 is 0 Å². The van der Waals surface area contributed by atoms with Crippen molar-refractivity contribution in [1.29, 1.82) is 0 Å². The average molecular weight is 382 g/mol. The first-order chi connectivity index (χ1) is 13.7. The van der Waals surface area contributed by atoms with E-state index in [1.54, 1.807) is 18.2 Å². The third kappa shape index (κ3) is 4.19. The summed E-state index contributed by atoms with van der Waals surface area (Å²) in [5.74, 6) is 0.123. The second kappa shape index (κ2) is 8.21. The lowest BCUT2D eigenvalue weighted by Gasteiger charge is -2.18. The molecule has 0 radical (unpaired) electrons. The number of carbonyl (C=O) groups is 2. The third-order valence-electron chi connectivity index (χ3n) is 4.73. The van der Waals surface area contributed by atoms with E-state index in [4.69, 9.17) is 14.2 Å². The largest absolute Gasteiger partial charge is 0.486 e. The van der Waals surface area contributed by atoms with Gasteiger partial charge in [-0.05, 0) is 55.3 Å². The standard InChI is InChI=1S/C21H22N2O5/c24-20(22-16-4-6-17(7-5-16)23-9-1-2-10-23)14-28-21(25)15-3-8-18-19(13-15)27-12-11-26-18/h3-8,13H,1-2,9-12,14H2,(H,22,24). The van der Waals surface area contributed by atoms with Crippen LogP contribution in [0.3, 0.4) is 0 Å². The number of carbonyl (C=O) groups excluding carboxylic acids is 2. The molecule has 7 nitrogen and oxygen atoms in total. The molecule has 0 aliphatic carbocycles. The molecule has 1 N–H and O–H groups in total. The Bertz CT molecular complexity index is 860. The minimum Gasteiger partial charge on any atom is -0.486 e. The number of nitrogens with one attached hydrogen (secondary N) is 1. The fourth-order valence-corrected chi connectivity index (χ4v) is 3.31. The van der Waals surface area contributed by atoms with E-state index in [1.165, 1.54) is 12.8 Å². The van der Waals surface area contributed by atoms with Crippen LogP contribution in [0, 0.1) is 0 Å². The van der Waals surface area contributed by atoms with Crippen LogP contribution in [0.25, 0.3) is 0 Å². The maximum atomic E-state index is 12.2. The number of hydrogen-bond acceptors (Lipinski definition) is 6. The minimum absolute atomic E-state index is 0.312. The topological polar surface area (TPSA) is 77.1 Å². The monoisotopic (exact) mass is 382 g/mol. The highest BCUT2D eigenvalue weighted by atomic mass is 16.6. The van der Waals surface area contributed by atoms with Crippen molar-refractivity contribution in [3.05, 3.63) is 48.0 Å². The number of rotatable bonds is 5. The van der Waals surface area contributed by atoms with E-state index in [1.807, 2.05) is 24.3 Å². The second-order valence-corrected chi connectivity index (χ2v) is 6.72. The van der Waals surface area contributed by atoms with Gasteiger partial charge in [0.15, 0.2) is 18.1 Å². The molecule has 0 bridgehead atoms. The maximum absolute atomic E-state index is 12.2. The van der Waals surface area contributed by atoms with Crippen LogP contribution in [-0.2, 0) is 9.53 Å². The zero-order valence-corrected chi connectivity index (χ0v) is 15.5. The molecule has 2 aliphatic heterocycles. The van der Waals surface area contributed by atoms with Crippen molar-refractivity contribution in [3.63, 3.8) is 0 Å². The molecular formula is C21H22N2O5. The van der Waals surface area contributed by atoms with Crippen molar-refractivity contribution in [2.24, 2.45) is 0 Å². The molecule has 146 valence electrons. The highest BCUT2D eigenvalue weighted by Gasteiger charge is 2.17. The Balaban J connectivity index is 1.28. The maximum Gasteiger partial charge on any atom is 0.338 e. The predicted molar refractivity (Wildman–Crippen MR) is 104 cm³/mol. The van der Waals surface area contributed by atoms with Crippen molar-refractivity contribution in [2.75, 3.05) is 43.1 Å². The third-order valence-corrected chi connectivity index (χ3v) is 4.73. The lowest BCUT2D eigenvalue weighted by atomic mass is 10.2. The molecular weight excluding hydrogens is 360 g/mol. The lowest BCUT2D eigenvalue weighted by Crippen LogP contribution is -2.21. The molecule has 2 aromatic rings. The van der Waals surface area contributed by atoms with Crippen molar-refractivity contribution >= 4 is 23.3 Å². The highest BCUT2D eigenvalue weighted by molar-refractivity contribution is 5.95. The summed E-state index contributed by atoms with van der Waals surface area (Å²) in [5.41, 5.74) is 2.14. The van der Waals surface area contributed by atoms with E-state index in [0.29, 0.717) is 36.0 Å². The summed E-state index contributed by atoms with van der Waals surface area (Å²) in [7, 11) is 0. The van der Waals surface area contributed by atoms with E-state index in [-0.39, 0.29) is 12.5 Å². The Hall–Kier alpha value is -3.22. The molecule has 0 saturated carbocycles. The smallest absolute Gasteiger partial charge is 0.338 e. The van der Waals surface area contributed by atoms with E-state index in [2.05, 4.69) is 10.2 Å². The van der Waals surface area contributed by atoms with Gasteiger partial charge in [0, 0.05) is 24.5 Å². The molecule has 0 atom stereocenters. The number of esters is 1. The van der Waals surface area contributed by atoms with Gasteiger partial charge in [-0.2, -0.15) is 0 Å². The SMILES string of the molecule is O=C(COC(=O)c1ccc2c(c1)OCCO2)Nc1ccc(N2CCCC2)cc1. The molecule has 7 heteroatoms. The molecule has 1 saturated heterocycles. The Morgan fingerprint density at radius 2 is 1.68 bits per heavy atom. The van der Waals surface area contributed by atoms with E-state index < -0.39 is 5.97 Å². The summed E-state index contributed by atoms with van der Waals surface area (Å²) >= 11 is 0. The Kier molecular flexibility index (Phi) is 5.32. The molecule has 0 unspecified atom stereocenters. The molecule has 2 aliphatic rings. The molecule has 2 heterocycles. The minimum atomic E-state index is -0.587. The van der Waals surface area contributed by atoms with Crippen LogP contribution in [0.15, 0.2) is 42.5 Å². The average Bonchev–Trinajstić information content (AvgIpc) is 3.27. The quantitative estimate of drug-likeness (QED) is 0.802. The summed E-state index contributed by atoms with van der Waals surface area (Å²) in [5, 5.41) is 2.74. The van der Waals surface area contributed by atoms with Crippen LogP contribution in [0.4, 0.5) is 11.4 Å². The van der Waals surface area contributed by atoms with Gasteiger partial charge in [-0.15, -0.1) is 0 Å². The van der Waals surface area contributed by atoms with Gasteiger partial charge in [0.2, 0.25) is 0 Å². The first-order valence-electron chi connectivity index (χ1n) is 9.41. The molecule has 4 rings (SSSR count). The first kappa shape index (κ1) is 18.2. The molecule has 1 amide bonds. The zero-order chi connectivity index (χ0) is 19.3. The number of fused-ring (bicyclic) bond motifs is 1. The van der Waals surface area contributed by atoms with Crippen LogP contribution in [-0.4, -0.2) is 44.8 Å². The van der Waals surface area contributed by atoms with E-state index in [9.17, 15) is 9.59 Å². The Labute approximate surface area is 163 Å². The summed E-state index contributed by atoms with van der Waals surface area (Å²) in [6.45, 7) is 2.70. The van der Waals surface area contributed by atoms with Gasteiger partial charge in [-0.25, -0.2) is 4.79 Å². The van der Waals surface area contributed by atoms with Crippen LogP contribution < -0.4 is 19.7 Å². The number of hydrogen-bond donors (Lipinski definition) is 1. The van der Waals surface area contributed by atoms with Crippen LogP contribution in [0.1, 0.15) is 23.2 Å². The van der Waals surface area contributed by atoms with Gasteiger partial charge >= 0.3 is 5.97 Å². The molecule has 1 fully saturated rings. The fraction of sp³-hybridized carbons (Fsp3) is 0.333. The van der Waals surface area contributed by atoms with Crippen molar-refractivity contribution in [3.8, 4) is 11.5 Å². The number of ether oxygens (including phenoxy) is 3. The summed E-state index contributed by atoms with van der Waals surface area (Å²) in [6, 6.07) is 12.5.